The number of Topliss-reactive ketones (excluding diaryl/α,β-unsaturated/α-hetero) is 1. The van der Waals surface area contributed by atoms with Crippen LogP contribution in [0.15, 0.2) is 48.8 Å². The third-order valence-corrected chi connectivity index (χ3v) is 4.18. The van der Waals surface area contributed by atoms with E-state index in [1.54, 1.807) is 36.1 Å². The number of aryl methyl sites for hydroxylation is 1. The Morgan fingerprint density at radius 3 is 2.38 bits per heavy atom. The Bertz CT molecular complexity index is 1050. The summed E-state index contributed by atoms with van der Waals surface area (Å²) in [4.78, 5) is 15.5. The minimum atomic E-state index is -0.648. The number of halogens is 2. The highest BCUT2D eigenvalue weighted by Crippen LogP contribution is 2.31. The molecule has 0 fully saturated rings. The predicted octanol–water partition coefficient (Wildman–Crippen LogP) is 5.24. The van der Waals surface area contributed by atoms with Crippen LogP contribution in [0, 0.1) is 24.6 Å². The molecule has 1 aromatic heterocycles. The largest absolute Gasteiger partial charge is 0.322 e. The van der Waals surface area contributed by atoms with Crippen molar-refractivity contribution in [3.8, 4) is 22.9 Å². The van der Waals surface area contributed by atoms with Crippen molar-refractivity contribution in [3.63, 3.8) is 0 Å². The first kappa shape index (κ1) is 17.6. The van der Waals surface area contributed by atoms with Crippen LogP contribution in [0.3, 0.4) is 0 Å². The average molecular weight is 351 g/mol. The van der Waals surface area contributed by atoms with Gasteiger partial charge in [0.15, 0.2) is 5.78 Å². The minimum absolute atomic E-state index is 0.0113. The van der Waals surface area contributed by atoms with E-state index in [4.69, 9.17) is 0 Å². The summed E-state index contributed by atoms with van der Waals surface area (Å²) in [5, 5.41) is 0. The molecule has 26 heavy (non-hydrogen) atoms. The molecule has 0 spiro atoms. The van der Waals surface area contributed by atoms with Gasteiger partial charge in [-0.25, -0.2) is 8.78 Å². The first-order valence-corrected chi connectivity index (χ1v) is 8.05. The SMILES string of the molecule is C[N+]#Cc1cn(-c2ccc(C(C)=O)c(C)c2)cc1-c1c(F)cccc1F. The Balaban J connectivity index is 2.18. The Labute approximate surface area is 150 Å². The first-order chi connectivity index (χ1) is 12.4. The molecule has 0 unspecified atom stereocenters. The summed E-state index contributed by atoms with van der Waals surface area (Å²) in [6, 6.07) is 11.9. The van der Waals surface area contributed by atoms with E-state index >= 15 is 0 Å². The predicted molar refractivity (Wildman–Crippen MR) is 98.1 cm³/mol. The molecule has 0 aliphatic carbocycles. The summed E-state index contributed by atoms with van der Waals surface area (Å²) < 4.78 is 30.2. The molecule has 1 heterocycles. The quantitative estimate of drug-likeness (QED) is 0.592. The number of hydrogen-bond donors (Lipinski definition) is 0. The van der Waals surface area contributed by atoms with Crippen LogP contribution in [0.4, 0.5) is 8.78 Å². The van der Waals surface area contributed by atoms with Crippen molar-refractivity contribution in [2.24, 2.45) is 0 Å². The van der Waals surface area contributed by atoms with E-state index in [2.05, 4.69) is 10.9 Å². The summed E-state index contributed by atoms with van der Waals surface area (Å²) in [5.74, 6) is -1.31. The van der Waals surface area contributed by atoms with Gasteiger partial charge in [0.1, 0.15) is 17.2 Å². The third-order valence-electron chi connectivity index (χ3n) is 4.18. The molecule has 0 N–H and O–H groups in total. The first-order valence-electron chi connectivity index (χ1n) is 8.05. The Kier molecular flexibility index (Phi) is 4.68. The van der Waals surface area contributed by atoms with Crippen molar-refractivity contribution in [2.75, 3.05) is 7.05 Å². The minimum Gasteiger partial charge on any atom is -0.322 e. The number of ketones is 1. The number of carbonyl (C=O) groups is 1. The van der Waals surface area contributed by atoms with Crippen LogP contribution in [0.5, 0.6) is 0 Å². The smallest absolute Gasteiger partial charge is 0.312 e. The van der Waals surface area contributed by atoms with Gasteiger partial charge in [-0.05, 0) is 49.7 Å². The van der Waals surface area contributed by atoms with Crippen molar-refractivity contribution in [1.29, 1.82) is 0 Å². The fourth-order valence-corrected chi connectivity index (χ4v) is 2.97. The molecule has 5 heteroatoms. The van der Waals surface area contributed by atoms with Crippen LogP contribution < -0.4 is 0 Å². The Hall–Kier alpha value is -3.26. The van der Waals surface area contributed by atoms with Crippen molar-refractivity contribution < 1.29 is 13.6 Å². The number of nitrogens with zero attached hydrogens (tertiary/aromatic N) is 2. The molecule has 130 valence electrons. The number of aromatic nitrogens is 1. The summed E-state index contributed by atoms with van der Waals surface area (Å²) >= 11 is 0. The van der Waals surface area contributed by atoms with Gasteiger partial charge in [-0.2, -0.15) is 0 Å². The van der Waals surface area contributed by atoms with Crippen LogP contribution in [-0.4, -0.2) is 17.4 Å². The zero-order valence-corrected chi connectivity index (χ0v) is 14.7. The maximum absolute atomic E-state index is 14.2. The van der Waals surface area contributed by atoms with Gasteiger partial charge in [0.2, 0.25) is 0 Å². The van der Waals surface area contributed by atoms with Gasteiger partial charge < -0.3 is 4.57 Å². The highest BCUT2D eigenvalue weighted by molar-refractivity contribution is 5.95. The number of hydrogen-bond acceptors (Lipinski definition) is 1. The molecule has 0 amide bonds. The maximum atomic E-state index is 14.2. The topological polar surface area (TPSA) is 26.4 Å². The van der Waals surface area contributed by atoms with Crippen LogP contribution >= 0.6 is 0 Å². The summed E-state index contributed by atoms with van der Waals surface area (Å²) in [6.45, 7) is 3.36. The van der Waals surface area contributed by atoms with E-state index in [1.807, 2.05) is 13.0 Å². The van der Waals surface area contributed by atoms with Gasteiger partial charge in [0.05, 0.1) is 5.56 Å². The number of benzene rings is 2. The molecule has 0 bridgehead atoms. The van der Waals surface area contributed by atoms with Gasteiger partial charge in [-0.1, -0.05) is 10.9 Å². The monoisotopic (exact) mass is 351 g/mol. The second kappa shape index (κ2) is 6.93. The fourth-order valence-electron chi connectivity index (χ4n) is 2.97. The van der Waals surface area contributed by atoms with Crippen LogP contribution in [-0.2, 0) is 0 Å². The van der Waals surface area contributed by atoms with Crippen molar-refractivity contribution in [2.45, 2.75) is 13.8 Å². The molecule has 0 aliphatic rings. The molecule has 0 saturated carbocycles. The van der Waals surface area contributed by atoms with Gasteiger partial charge in [0, 0.05) is 29.2 Å². The average Bonchev–Trinajstić information content (AvgIpc) is 2.98. The van der Waals surface area contributed by atoms with Gasteiger partial charge in [-0.15, -0.1) is 0 Å². The molecule has 0 atom stereocenters. The zero-order valence-electron chi connectivity index (χ0n) is 14.7. The molecular formula is C21H17F2N2O+. The Morgan fingerprint density at radius 1 is 1.12 bits per heavy atom. The number of carbonyl (C=O) groups excluding carboxylic acids is 1. The van der Waals surface area contributed by atoms with Crippen LogP contribution in [0.2, 0.25) is 0 Å². The van der Waals surface area contributed by atoms with E-state index < -0.39 is 11.6 Å². The lowest BCUT2D eigenvalue weighted by atomic mass is 10.0. The van der Waals surface area contributed by atoms with E-state index in [0.29, 0.717) is 16.7 Å². The summed E-state index contributed by atoms with van der Waals surface area (Å²) in [7, 11) is 1.55. The standard InChI is InChI=1S/C21H17F2N2O/c1-13-9-16(7-8-17(13)14(2)26)25-11-15(10-24-3)18(12-25)21-19(22)5-4-6-20(21)23/h4-9,11-12H,1-3H3/q+1. The van der Waals surface area contributed by atoms with Crippen molar-refractivity contribution >= 4 is 5.78 Å². The number of rotatable bonds is 3. The molecule has 3 nitrogen and oxygen atoms in total. The van der Waals surface area contributed by atoms with E-state index in [-0.39, 0.29) is 11.3 Å². The van der Waals surface area contributed by atoms with E-state index in [9.17, 15) is 13.6 Å². The Morgan fingerprint density at radius 2 is 1.81 bits per heavy atom. The zero-order chi connectivity index (χ0) is 18.8. The van der Waals surface area contributed by atoms with Crippen molar-refractivity contribution in [3.05, 3.63) is 82.0 Å². The lowest BCUT2D eigenvalue weighted by Crippen LogP contribution is -1.98. The molecule has 0 aliphatic heterocycles. The van der Waals surface area contributed by atoms with E-state index in [0.717, 1.165) is 11.3 Å². The van der Waals surface area contributed by atoms with Gasteiger partial charge in [0.25, 0.3) is 7.05 Å². The second-order valence-corrected chi connectivity index (χ2v) is 5.98. The summed E-state index contributed by atoms with van der Waals surface area (Å²) in [5.41, 5.74) is 2.97. The highest BCUT2D eigenvalue weighted by Gasteiger charge is 2.19. The lowest BCUT2D eigenvalue weighted by molar-refractivity contribution is 0.101. The normalized spacial score (nSPS) is 10.3. The summed E-state index contributed by atoms with van der Waals surface area (Å²) in [6.07, 6.45) is 3.34. The lowest BCUT2D eigenvalue weighted by Gasteiger charge is -2.07. The molecule has 2 aromatic carbocycles. The molecule has 0 radical (unpaired) electrons. The second-order valence-electron chi connectivity index (χ2n) is 5.98. The van der Waals surface area contributed by atoms with Gasteiger partial charge in [-0.3, -0.25) is 4.79 Å². The van der Waals surface area contributed by atoms with Gasteiger partial charge >= 0.3 is 6.07 Å². The fraction of sp³-hybridized carbons (Fsp3) is 0.143. The van der Waals surface area contributed by atoms with E-state index in [1.165, 1.54) is 25.1 Å². The molecule has 0 saturated heterocycles. The highest BCUT2D eigenvalue weighted by atomic mass is 19.1. The molecule has 3 aromatic rings. The third kappa shape index (κ3) is 3.14. The molecule has 3 rings (SSSR count). The maximum Gasteiger partial charge on any atom is 0.312 e. The van der Waals surface area contributed by atoms with Crippen LogP contribution in [0.25, 0.3) is 21.7 Å². The van der Waals surface area contributed by atoms with Crippen LogP contribution in [0.1, 0.15) is 28.4 Å². The van der Waals surface area contributed by atoms with Crippen molar-refractivity contribution in [1.82, 2.24) is 4.57 Å². The molecular weight excluding hydrogens is 334 g/mol.